The minimum atomic E-state index is -0.970. The summed E-state index contributed by atoms with van der Waals surface area (Å²) in [5, 5.41) is 8.66. The topological polar surface area (TPSA) is 88.1 Å². The van der Waals surface area contributed by atoms with Gasteiger partial charge in [-0.1, -0.05) is 53.0 Å². The number of fused-ring (bicyclic) bond motifs is 1. The van der Waals surface area contributed by atoms with Crippen molar-refractivity contribution >= 4 is 29.0 Å². The van der Waals surface area contributed by atoms with Gasteiger partial charge in [0.2, 0.25) is 5.91 Å². The van der Waals surface area contributed by atoms with Crippen LogP contribution < -0.4 is 10.2 Å². The number of rotatable bonds is 7. The fourth-order valence-corrected chi connectivity index (χ4v) is 4.97. The van der Waals surface area contributed by atoms with Crippen LogP contribution in [0.4, 0.5) is 5.69 Å². The van der Waals surface area contributed by atoms with Gasteiger partial charge in [-0.3, -0.25) is 19.5 Å². The van der Waals surface area contributed by atoms with Crippen LogP contribution in [0.15, 0.2) is 78.3 Å². The quantitative estimate of drug-likeness (QED) is 0.418. The molecule has 0 spiro atoms. The zero-order valence-corrected chi connectivity index (χ0v) is 19.9. The predicted molar refractivity (Wildman–Crippen MR) is 135 cm³/mol. The highest BCUT2D eigenvalue weighted by atomic mass is 32.1. The van der Waals surface area contributed by atoms with E-state index in [4.69, 9.17) is 0 Å². The number of carbonyl (C=O) groups excluding carboxylic acids is 2. The van der Waals surface area contributed by atoms with Crippen LogP contribution in [-0.4, -0.2) is 26.4 Å². The lowest BCUT2D eigenvalue weighted by atomic mass is 9.89. The van der Waals surface area contributed by atoms with E-state index in [0.29, 0.717) is 12.2 Å². The fraction of sp³-hybridized carbons (Fsp3) is 0.222. The van der Waals surface area contributed by atoms with E-state index in [2.05, 4.69) is 26.0 Å². The molecule has 0 fully saturated rings. The number of hydrogen-bond acceptors (Lipinski definition) is 6. The van der Waals surface area contributed by atoms with Gasteiger partial charge in [0.15, 0.2) is 11.7 Å². The molecule has 5 rings (SSSR count). The molecule has 0 saturated heterocycles. The van der Waals surface area contributed by atoms with Crippen LogP contribution in [0.2, 0.25) is 0 Å². The molecule has 176 valence electrons. The summed E-state index contributed by atoms with van der Waals surface area (Å²) in [4.78, 5) is 33.8. The second-order valence-electron chi connectivity index (χ2n) is 8.45. The maximum Gasteiger partial charge on any atom is 0.280 e. The van der Waals surface area contributed by atoms with E-state index < -0.39 is 6.04 Å². The van der Waals surface area contributed by atoms with E-state index in [1.54, 1.807) is 28.6 Å². The van der Waals surface area contributed by atoms with Crippen LogP contribution in [0.25, 0.3) is 0 Å². The average Bonchev–Trinajstić information content (AvgIpc) is 3.46. The van der Waals surface area contributed by atoms with Gasteiger partial charge in [-0.25, -0.2) is 0 Å². The number of benzene rings is 2. The summed E-state index contributed by atoms with van der Waals surface area (Å²) in [6.07, 6.45) is 5.60. The van der Waals surface area contributed by atoms with Crippen molar-refractivity contribution in [2.45, 2.75) is 38.3 Å². The predicted octanol–water partition coefficient (Wildman–Crippen LogP) is 4.52. The first-order chi connectivity index (χ1) is 17.2. The van der Waals surface area contributed by atoms with Crippen molar-refractivity contribution in [3.05, 3.63) is 106 Å². The Labute approximate surface area is 208 Å². The highest BCUT2D eigenvalue weighted by Gasteiger charge is 2.37. The highest BCUT2D eigenvalue weighted by molar-refractivity contribution is 7.03. The smallest absolute Gasteiger partial charge is 0.280 e. The highest BCUT2D eigenvalue weighted by Crippen LogP contribution is 2.36. The van der Waals surface area contributed by atoms with E-state index in [1.807, 2.05) is 48.5 Å². The first-order valence-corrected chi connectivity index (χ1v) is 12.5. The third-order valence-corrected chi connectivity index (χ3v) is 6.72. The van der Waals surface area contributed by atoms with Gasteiger partial charge in [-0.15, -0.1) is 5.10 Å². The van der Waals surface area contributed by atoms with Gasteiger partial charge in [0.25, 0.3) is 5.91 Å². The molecular formula is C27H25N5O2S. The summed E-state index contributed by atoms with van der Waals surface area (Å²) in [5.41, 5.74) is 4.72. The van der Waals surface area contributed by atoms with Crippen molar-refractivity contribution in [2.24, 2.45) is 0 Å². The van der Waals surface area contributed by atoms with E-state index in [1.165, 1.54) is 5.56 Å². The lowest BCUT2D eigenvalue weighted by molar-refractivity contribution is -0.122. The molecular weight excluding hydrogens is 458 g/mol. The number of carbonyl (C=O) groups is 2. The van der Waals surface area contributed by atoms with Gasteiger partial charge in [0.05, 0.1) is 5.69 Å². The van der Waals surface area contributed by atoms with E-state index in [9.17, 15) is 9.59 Å². The zero-order chi connectivity index (χ0) is 24.0. The van der Waals surface area contributed by atoms with Crippen LogP contribution in [-0.2, 0) is 24.2 Å². The van der Waals surface area contributed by atoms with Gasteiger partial charge in [-0.2, -0.15) is 0 Å². The van der Waals surface area contributed by atoms with Gasteiger partial charge in [-0.05, 0) is 72.1 Å². The Balaban J connectivity index is 1.60. The molecule has 0 aliphatic heterocycles. The summed E-state index contributed by atoms with van der Waals surface area (Å²) in [5.74, 6) is -0.680. The summed E-state index contributed by atoms with van der Waals surface area (Å²) < 4.78 is 3.89. The Morgan fingerprint density at radius 2 is 1.80 bits per heavy atom. The molecule has 1 atom stereocenters. The summed E-state index contributed by atoms with van der Waals surface area (Å²) in [6.45, 7) is 0.343. The van der Waals surface area contributed by atoms with Gasteiger partial charge >= 0.3 is 0 Å². The minimum absolute atomic E-state index is 0.209. The molecule has 2 heterocycles. The number of pyridine rings is 1. The maximum absolute atomic E-state index is 13.9. The Hall–Kier alpha value is -3.91. The first kappa shape index (κ1) is 22.9. The molecule has 8 heteroatoms. The number of anilines is 1. The molecule has 2 aromatic heterocycles. The van der Waals surface area contributed by atoms with Gasteiger partial charge in [0.1, 0.15) is 0 Å². The Morgan fingerprint density at radius 3 is 2.57 bits per heavy atom. The molecule has 7 nitrogen and oxygen atoms in total. The number of nitrogens with one attached hydrogen (secondary N) is 1. The summed E-state index contributed by atoms with van der Waals surface area (Å²) in [6, 6.07) is 20.1. The van der Waals surface area contributed by atoms with Crippen LogP contribution in [0.1, 0.15) is 51.8 Å². The Kier molecular flexibility index (Phi) is 6.90. The van der Waals surface area contributed by atoms with Gasteiger partial charge < -0.3 is 5.32 Å². The van der Waals surface area contributed by atoms with Crippen LogP contribution in [0.5, 0.6) is 0 Å². The van der Waals surface area contributed by atoms with Crippen molar-refractivity contribution in [3.63, 3.8) is 0 Å². The van der Waals surface area contributed by atoms with Crippen LogP contribution in [0, 0.1) is 0 Å². The lowest BCUT2D eigenvalue weighted by Crippen LogP contribution is -2.45. The third-order valence-electron chi connectivity index (χ3n) is 6.21. The molecule has 2 amide bonds. The molecule has 1 aliphatic carbocycles. The maximum atomic E-state index is 13.9. The Bertz CT molecular complexity index is 1300. The minimum Gasteiger partial charge on any atom is -0.350 e. The molecule has 0 saturated carbocycles. The van der Waals surface area contributed by atoms with Crippen molar-refractivity contribution < 1.29 is 9.59 Å². The third kappa shape index (κ3) is 4.97. The molecule has 0 radical (unpaired) electrons. The summed E-state index contributed by atoms with van der Waals surface area (Å²) >= 11 is 1.11. The molecule has 35 heavy (non-hydrogen) atoms. The average molecular weight is 484 g/mol. The first-order valence-electron chi connectivity index (χ1n) is 11.7. The van der Waals surface area contributed by atoms with Crippen molar-refractivity contribution in [2.75, 3.05) is 4.90 Å². The van der Waals surface area contributed by atoms with Crippen molar-refractivity contribution in [1.82, 2.24) is 19.9 Å². The molecule has 0 unspecified atom stereocenters. The monoisotopic (exact) mass is 483 g/mol. The molecule has 4 aromatic rings. The number of aromatic nitrogens is 3. The zero-order valence-electron chi connectivity index (χ0n) is 19.1. The molecule has 1 N–H and O–H groups in total. The SMILES string of the molecule is O=C(NCc1ccccc1)[C@@H](c1ccccn1)N(C(=O)c1csnn1)c1cccc2c1CCCC2. The number of aryl methyl sites for hydroxylation is 1. The molecule has 0 bridgehead atoms. The van der Waals surface area contributed by atoms with E-state index >= 15 is 0 Å². The number of amides is 2. The standard InChI is InChI=1S/C27H25N5O2S/c33-26(29-17-19-9-2-1-3-10-19)25(22-14-6-7-16-28-22)32(27(34)23-18-35-31-30-23)24-15-8-12-20-11-4-5-13-21(20)24/h1-3,6-10,12,14-16,18,25H,4-5,11,13,17H2,(H,29,33)/t25-/m1/s1. The fourth-order valence-electron chi connectivity index (χ4n) is 4.54. The van der Waals surface area contributed by atoms with Gasteiger partial charge in [0, 0.05) is 23.8 Å². The van der Waals surface area contributed by atoms with E-state index in [0.717, 1.165) is 54.0 Å². The van der Waals surface area contributed by atoms with Crippen LogP contribution in [0.3, 0.4) is 0 Å². The normalized spacial score (nSPS) is 13.5. The van der Waals surface area contributed by atoms with E-state index in [-0.39, 0.29) is 17.5 Å². The van der Waals surface area contributed by atoms with Crippen LogP contribution >= 0.6 is 11.5 Å². The lowest BCUT2D eigenvalue weighted by Gasteiger charge is -2.33. The largest absolute Gasteiger partial charge is 0.350 e. The second kappa shape index (κ2) is 10.6. The summed E-state index contributed by atoms with van der Waals surface area (Å²) in [7, 11) is 0. The number of hydrogen-bond donors (Lipinski definition) is 1. The van der Waals surface area contributed by atoms with Crippen molar-refractivity contribution in [1.29, 1.82) is 0 Å². The molecule has 2 aromatic carbocycles. The van der Waals surface area contributed by atoms with Crippen molar-refractivity contribution in [3.8, 4) is 0 Å². The molecule has 1 aliphatic rings. The second-order valence-corrected chi connectivity index (χ2v) is 9.06. The number of nitrogens with zero attached hydrogens (tertiary/aromatic N) is 4. The Morgan fingerprint density at radius 1 is 0.971 bits per heavy atom.